The molecule has 1 aromatic carbocycles. The molecule has 0 aliphatic heterocycles. The molecule has 0 fully saturated rings. The van der Waals surface area contributed by atoms with E-state index in [4.69, 9.17) is 4.74 Å². The van der Waals surface area contributed by atoms with Crippen molar-refractivity contribution in [1.82, 2.24) is 10.6 Å². The summed E-state index contributed by atoms with van der Waals surface area (Å²) in [6, 6.07) is 7.55. The molecule has 2 aromatic rings. The molecule has 1 heterocycles. The molecule has 0 aliphatic rings. The number of ether oxygens (including phenoxy) is 1. The Bertz CT molecular complexity index is 689. The smallest absolute Gasteiger partial charge is 0.261 e. The zero-order valence-electron chi connectivity index (χ0n) is 12.8. The van der Waals surface area contributed by atoms with Gasteiger partial charge in [0.1, 0.15) is 0 Å². The Labute approximate surface area is 137 Å². The largest absolute Gasteiger partial charge is 0.494 e. The van der Waals surface area contributed by atoms with Crippen molar-refractivity contribution < 1.29 is 18.7 Å². The molecule has 122 valence electrons. The van der Waals surface area contributed by atoms with Gasteiger partial charge in [-0.15, -0.1) is 11.3 Å². The van der Waals surface area contributed by atoms with Crippen LogP contribution in [0, 0.1) is 5.82 Å². The Kier molecular flexibility index (Phi) is 5.70. The normalized spacial score (nSPS) is 11.6. The number of rotatable bonds is 6. The second kappa shape index (κ2) is 7.73. The van der Waals surface area contributed by atoms with Crippen LogP contribution in [0.2, 0.25) is 0 Å². The van der Waals surface area contributed by atoms with Gasteiger partial charge in [0.05, 0.1) is 24.6 Å². The standard InChI is InChI=1S/C16H17FN2O3S/c1-10(11-5-6-13(22-2)12(17)8-11)19-15(20)9-18-16(21)14-4-3-7-23-14/h3-8,10H,9H2,1-2H3,(H,18,21)(H,19,20). The number of carbonyl (C=O) groups excluding carboxylic acids is 2. The van der Waals surface area contributed by atoms with Crippen molar-refractivity contribution >= 4 is 23.2 Å². The highest BCUT2D eigenvalue weighted by Crippen LogP contribution is 2.21. The predicted molar refractivity (Wildman–Crippen MR) is 86.2 cm³/mol. The quantitative estimate of drug-likeness (QED) is 0.852. The third-order valence-electron chi connectivity index (χ3n) is 3.21. The molecular weight excluding hydrogens is 319 g/mol. The van der Waals surface area contributed by atoms with E-state index < -0.39 is 5.82 Å². The lowest BCUT2D eigenvalue weighted by Gasteiger charge is -2.15. The molecule has 1 aromatic heterocycles. The first-order valence-electron chi connectivity index (χ1n) is 6.95. The Morgan fingerprint density at radius 1 is 1.35 bits per heavy atom. The lowest BCUT2D eigenvalue weighted by atomic mass is 10.1. The number of halogens is 1. The van der Waals surface area contributed by atoms with E-state index in [0.717, 1.165) is 0 Å². The summed E-state index contributed by atoms with van der Waals surface area (Å²) in [5.41, 5.74) is 0.612. The van der Waals surface area contributed by atoms with E-state index in [9.17, 15) is 14.0 Å². The molecule has 2 rings (SSSR count). The van der Waals surface area contributed by atoms with Gasteiger partial charge in [-0.3, -0.25) is 9.59 Å². The van der Waals surface area contributed by atoms with Crippen molar-refractivity contribution in [1.29, 1.82) is 0 Å². The lowest BCUT2D eigenvalue weighted by molar-refractivity contribution is -0.120. The maximum Gasteiger partial charge on any atom is 0.261 e. The van der Waals surface area contributed by atoms with E-state index in [2.05, 4.69) is 10.6 Å². The van der Waals surface area contributed by atoms with Gasteiger partial charge in [-0.05, 0) is 36.1 Å². The first-order chi connectivity index (χ1) is 11.0. The van der Waals surface area contributed by atoms with Crippen LogP contribution >= 0.6 is 11.3 Å². The number of nitrogens with one attached hydrogen (secondary N) is 2. The second-order valence-corrected chi connectivity index (χ2v) is 5.79. The van der Waals surface area contributed by atoms with Gasteiger partial charge in [-0.25, -0.2) is 4.39 Å². The summed E-state index contributed by atoms with van der Waals surface area (Å²) >= 11 is 1.30. The molecule has 0 spiro atoms. The van der Waals surface area contributed by atoms with Gasteiger partial charge in [-0.1, -0.05) is 12.1 Å². The van der Waals surface area contributed by atoms with Crippen LogP contribution in [0.1, 0.15) is 28.2 Å². The summed E-state index contributed by atoms with van der Waals surface area (Å²) in [5.74, 6) is -0.982. The molecule has 7 heteroatoms. The van der Waals surface area contributed by atoms with Gasteiger partial charge in [0, 0.05) is 0 Å². The summed E-state index contributed by atoms with van der Waals surface area (Å²) < 4.78 is 18.5. The molecule has 0 aliphatic carbocycles. The molecule has 1 atom stereocenters. The lowest BCUT2D eigenvalue weighted by Crippen LogP contribution is -2.37. The topological polar surface area (TPSA) is 67.4 Å². The Morgan fingerprint density at radius 3 is 2.74 bits per heavy atom. The van der Waals surface area contributed by atoms with Crippen molar-refractivity contribution in [2.75, 3.05) is 13.7 Å². The zero-order valence-corrected chi connectivity index (χ0v) is 13.6. The number of benzene rings is 1. The Balaban J connectivity index is 1.87. The molecule has 2 N–H and O–H groups in total. The fourth-order valence-corrected chi connectivity index (χ4v) is 2.62. The summed E-state index contributed by atoms with van der Waals surface area (Å²) in [6.45, 7) is 1.60. The van der Waals surface area contributed by atoms with E-state index in [1.165, 1.54) is 30.6 Å². The maximum absolute atomic E-state index is 13.7. The van der Waals surface area contributed by atoms with Gasteiger partial charge in [0.25, 0.3) is 5.91 Å². The minimum atomic E-state index is -0.489. The van der Waals surface area contributed by atoms with Crippen molar-refractivity contribution in [2.24, 2.45) is 0 Å². The van der Waals surface area contributed by atoms with Crippen molar-refractivity contribution in [2.45, 2.75) is 13.0 Å². The Hall–Kier alpha value is -2.41. The number of hydrogen-bond donors (Lipinski definition) is 2. The van der Waals surface area contributed by atoms with E-state index in [-0.39, 0.29) is 30.2 Å². The van der Waals surface area contributed by atoms with E-state index >= 15 is 0 Å². The number of methoxy groups -OCH3 is 1. The van der Waals surface area contributed by atoms with Crippen LogP contribution in [-0.2, 0) is 4.79 Å². The summed E-state index contributed by atoms with van der Waals surface area (Å²) in [4.78, 5) is 24.1. The van der Waals surface area contributed by atoms with Crippen molar-refractivity contribution in [3.05, 3.63) is 52.0 Å². The number of carbonyl (C=O) groups is 2. The summed E-state index contributed by atoms with van der Waals surface area (Å²) in [6.07, 6.45) is 0. The Morgan fingerprint density at radius 2 is 2.13 bits per heavy atom. The molecule has 1 unspecified atom stereocenters. The fraction of sp³-hybridized carbons (Fsp3) is 0.250. The molecule has 5 nitrogen and oxygen atoms in total. The average Bonchev–Trinajstić information content (AvgIpc) is 3.07. The third kappa shape index (κ3) is 4.53. The average molecular weight is 336 g/mol. The van der Waals surface area contributed by atoms with Crippen LogP contribution in [0.15, 0.2) is 35.7 Å². The number of hydrogen-bond acceptors (Lipinski definition) is 4. The van der Waals surface area contributed by atoms with Gasteiger partial charge in [0.15, 0.2) is 11.6 Å². The predicted octanol–water partition coefficient (Wildman–Crippen LogP) is 2.50. The van der Waals surface area contributed by atoms with Crippen molar-refractivity contribution in [3.63, 3.8) is 0 Å². The molecule has 0 saturated heterocycles. The third-order valence-corrected chi connectivity index (χ3v) is 4.08. The highest BCUT2D eigenvalue weighted by Gasteiger charge is 2.13. The minimum absolute atomic E-state index is 0.139. The molecule has 2 amide bonds. The monoisotopic (exact) mass is 336 g/mol. The zero-order chi connectivity index (χ0) is 16.8. The molecular formula is C16H17FN2O3S. The maximum atomic E-state index is 13.7. The van der Waals surface area contributed by atoms with Crippen molar-refractivity contribution in [3.8, 4) is 5.75 Å². The van der Waals surface area contributed by atoms with Crippen LogP contribution in [0.25, 0.3) is 0 Å². The van der Waals surface area contributed by atoms with Crippen LogP contribution in [0.5, 0.6) is 5.75 Å². The molecule has 0 radical (unpaired) electrons. The van der Waals surface area contributed by atoms with Crippen LogP contribution < -0.4 is 15.4 Å². The van der Waals surface area contributed by atoms with E-state index in [1.807, 2.05) is 0 Å². The fourth-order valence-electron chi connectivity index (χ4n) is 1.98. The molecule has 0 saturated carbocycles. The van der Waals surface area contributed by atoms with Crippen LogP contribution in [0.4, 0.5) is 4.39 Å². The van der Waals surface area contributed by atoms with Gasteiger partial charge in [0.2, 0.25) is 5.91 Å². The first-order valence-corrected chi connectivity index (χ1v) is 7.83. The highest BCUT2D eigenvalue weighted by atomic mass is 32.1. The summed E-state index contributed by atoms with van der Waals surface area (Å²) in [7, 11) is 1.39. The minimum Gasteiger partial charge on any atom is -0.494 e. The molecule has 23 heavy (non-hydrogen) atoms. The van der Waals surface area contributed by atoms with E-state index in [0.29, 0.717) is 10.4 Å². The van der Waals surface area contributed by atoms with Crippen LogP contribution in [0.3, 0.4) is 0 Å². The van der Waals surface area contributed by atoms with E-state index in [1.54, 1.807) is 30.5 Å². The number of amides is 2. The van der Waals surface area contributed by atoms with Gasteiger partial charge < -0.3 is 15.4 Å². The van der Waals surface area contributed by atoms with Gasteiger partial charge in [-0.2, -0.15) is 0 Å². The molecule has 0 bridgehead atoms. The SMILES string of the molecule is COc1ccc(C(C)NC(=O)CNC(=O)c2cccs2)cc1F. The number of thiophene rings is 1. The second-order valence-electron chi connectivity index (χ2n) is 4.84. The first kappa shape index (κ1) is 17.0. The summed E-state index contributed by atoms with van der Waals surface area (Å²) in [5, 5.41) is 7.03. The van der Waals surface area contributed by atoms with Crippen LogP contribution in [-0.4, -0.2) is 25.5 Å². The van der Waals surface area contributed by atoms with Gasteiger partial charge >= 0.3 is 0 Å². The highest BCUT2D eigenvalue weighted by molar-refractivity contribution is 7.12.